The molecule has 2 atom stereocenters. The van der Waals surface area contributed by atoms with Crippen molar-refractivity contribution in [2.24, 2.45) is 11.7 Å². The molecule has 7 heteroatoms. The molecule has 20 heavy (non-hydrogen) atoms. The third-order valence-corrected chi connectivity index (χ3v) is 3.44. The summed E-state index contributed by atoms with van der Waals surface area (Å²) in [5.41, 5.74) is 5.49. The van der Waals surface area contributed by atoms with Crippen LogP contribution in [0.4, 0.5) is 5.82 Å². The van der Waals surface area contributed by atoms with Gasteiger partial charge in [0.25, 0.3) is 0 Å². The maximum Gasteiger partial charge on any atom is 0.311 e. The fourth-order valence-corrected chi connectivity index (χ4v) is 2.35. The molecule has 2 heterocycles. The molecule has 3 N–H and O–H groups in total. The highest BCUT2D eigenvalue weighted by atomic mass is 16.5. The highest BCUT2D eigenvalue weighted by molar-refractivity contribution is 5.92. The second-order valence-corrected chi connectivity index (χ2v) is 4.60. The van der Waals surface area contributed by atoms with Crippen LogP contribution in [-0.2, 0) is 9.53 Å². The largest absolute Gasteiger partial charge is 0.481 e. The topological polar surface area (TPSA) is 106 Å². The third-order valence-electron chi connectivity index (χ3n) is 3.44. The van der Waals surface area contributed by atoms with Crippen molar-refractivity contribution >= 4 is 17.7 Å². The number of nitrogens with two attached hydrogens (primary N) is 1. The zero-order valence-electron chi connectivity index (χ0n) is 11.2. The normalized spacial score (nSPS) is 21.6. The van der Waals surface area contributed by atoms with Crippen LogP contribution < -0.4 is 10.6 Å². The molecule has 1 saturated heterocycles. The fraction of sp³-hybridized carbons (Fsp3) is 0.462. The Balaban J connectivity index is 2.23. The van der Waals surface area contributed by atoms with Gasteiger partial charge in [0.2, 0.25) is 5.91 Å². The van der Waals surface area contributed by atoms with Crippen molar-refractivity contribution in [2.75, 3.05) is 24.7 Å². The molecule has 0 aliphatic carbocycles. The molecule has 2 unspecified atom stereocenters. The average molecular weight is 279 g/mol. The summed E-state index contributed by atoms with van der Waals surface area (Å²) >= 11 is 0. The van der Waals surface area contributed by atoms with Gasteiger partial charge in [-0.05, 0) is 19.1 Å². The van der Waals surface area contributed by atoms with E-state index in [2.05, 4.69) is 4.98 Å². The molecule has 1 amide bonds. The van der Waals surface area contributed by atoms with Crippen molar-refractivity contribution in [3.63, 3.8) is 0 Å². The lowest BCUT2D eigenvalue weighted by molar-refractivity contribution is -0.141. The Hall–Kier alpha value is -2.15. The minimum Gasteiger partial charge on any atom is -0.481 e. The summed E-state index contributed by atoms with van der Waals surface area (Å²) in [7, 11) is 0. The lowest BCUT2D eigenvalue weighted by atomic mass is 10.0. The summed E-state index contributed by atoms with van der Waals surface area (Å²) in [5, 5.41) is 9.20. The first-order chi connectivity index (χ1) is 9.54. The molecule has 0 saturated carbocycles. The van der Waals surface area contributed by atoms with Gasteiger partial charge in [-0.3, -0.25) is 9.59 Å². The smallest absolute Gasteiger partial charge is 0.311 e. The quantitative estimate of drug-likeness (QED) is 0.792. The fourth-order valence-electron chi connectivity index (χ4n) is 2.35. The van der Waals surface area contributed by atoms with E-state index in [1.54, 1.807) is 12.1 Å². The molecule has 7 nitrogen and oxygen atoms in total. The molecule has 0 radical (unpaired) electrons. The van der Waals surface area contributed by atoms with Crippen LogP contribution in [0.25, 0.3) is 0 Å². The molecule has 2 rings (SSSR count). The maximum absolute atomic E-state index is 11.2. The molecule has 1 aromatic rings. The number of likely N-dealkylation sites (N-methyl/N-ethyl adjacent to an activating group) is 1. The SMILES string of the molecule is CCN(c1ccc(C(N)=O)cn1)C1COCC1C(=O)O. The van der Waals surface area contributed by atoms with Crippen LogP contribution in [0, 0.1) is 5.92 Å². The van der Waals surface area contributed by atoms with Gasteiger partial charge in [0, 0.05) is 12.7 Å². The van der Waals surface area contributed by atoms with E-state index >= 15 is 0 Å². The Bertz CT molecular complexity index is 503. The maximum atomic E-state index is 11.2. The molecule has 1 aliphatic heterocycles. The van der Waals surface area contributed by atoms with E-state index < -0.39 is 17.8 Å². The van der Waals surface area contributed by atoms with Gasteiger partial charge in [-0.2, -0.15) is 0 Å². The summed E-state index contributed by atoms with van der Waals surface area (Å²) in [4.78, 5) is 28.3. The first kappa shape index (κ1) is 14.3. The number of hydrogen-bond donors (Lipinski definition) is 2. The van der Waals surface area contributed by atoms with Crippen molar-refractivity contribution in [3.8, 4) is 0 Å². The van der Waals surface area contributed by atoms with Crippen molar-refractivity contribution in [2.45, 2.75) is 13.0 Å². The van der Waals surface area contributed by atoms with Crippen molar-refractivity contribution in [1.82, 2.24) is 4.98 Å². The first-order valence-corrected chi connectivity index (χ1v) is 6.37. The zero-order valence-corrected chi connectivity index (χ0v) is 11.2. The Kier molecular flexibility index (Phi) is 4.19. The lowest BCUT2D eigenvalue weighted by Crippen LogP contribution is -2.43. The van der Waals surface area contributed by atoms with Crippen molar-refractivity contribution in [3.05, 3.63) is 23.9 Å². The Morgan fingerprint density at radius 3 is 2.75 bits per heavy atom. The average Bonchev–Trinajstić information content (AvgIpc) is 2.89. The van der Waals surface area contributed by atoms with Crippen LogP contribution in [0.3, 0.4) is 0 Å². The van der Waals surface area contributed by atoms with Crippen LogP contribution in [-0.4, -0.2) is 47.8 Å². The second kappa shape index (κ2) is 5.87. The molecular weight excluding hydrogens is 262 g/mol. The van der Waals surface area contributed by atoms with Gasteiger partial charge in [0.05, 0.1) is 24.8 Å². The molecule has 0 spiro atoms. The summed E-state index contributed by atoms with van der Waals surface area (Å²) < 4.78 is 5.27. The number of pyridine rings is 1. The van der Waals surface area contributed by atoms with Gasteiger partial charge < -0.3 is 20.5 Å². The Morgan fingerprint density at radius 1 is 1.50 bits per heavy atom. The number of ether oxygens (including phenoxy) is 1. The Morgan fingerprint density at radius 2 is 2.25 bits per heavy atom. The predicted octanol–water partition coefficient (Wildman–Crippen LogP) is 0.106. The third kappa shape index (κ3) is 2.72. The van der Waals surface area contributed by atoms with Crippen molar-refractivity contribution in [1.29, 1.82) is 0 Å². The van der Waals surface area contributed by atoms with Crippen LogP contribution in [0.5, 0.6) is 0 Å². The monoisotopic (exact) mass is 279 g/mol. The number of carbonyl (C=O) groups excluding carboxylic acids is 1. The lowest BCUT2D eigenvalue weighted by Gasteiger charge is -2.30. The van der Waals surface area contributed by atoms with Gasteiger partial charge >= 0.3 is 5.97 Å². The van der Waals surface area contributed by atoms with E-state index in [4.69, 9.17) is 10.5 Å². The minimum atomic E-state index is -0.875. The van der Waals surface area contributed by atoms with Crippen LogP contribution in [0.15, 0.2) is 18.3 Å². The molecular formula is C13H17N3O4. The first-order valence-electron chi connectivity index (χ1n) is 6.37. The van der Waals surface area contributed by atoms with Crippen molar-refractivity contribution < 1.29 is 19.4 Å². The highest BCUT2D eigenvalue weighted by Crippen LogP contribution is 2.24. The van der Waals surface area contributed by atoms with Crippen LogP contribution in [0.1, 0.15) is 17.3 Å². The van der Waals surface area contributed by atoms with E-state index in [-0.39, 0.29) is 12.6 Å². The number of carboxylic acid groups (broad SMARTS) is 1. The number of aromatic nitrogens is 1. The van der Waals surface area contributed by atoms with Gasteiger partial charge in [0.15, 0.2) is 0 Å². The van der Waals surface area contributed by atoms with E-state index in [0.29, 0.717) is 24.5 Å². The number of amides is 1. The number of aliphatic carboxylic acids is 1. The number of nitrogens with zero attached hydrogens (tertiary/aromatic N) is 2. The summed E-state index contributed by atoms with van der Waals surface area (Å²) in [6.45, 7) is 3.07. The highest BCUT2D eigenvalue weighted by Gasteiger charge is 2.38. The van der Waals surface area contributed by atoms with Crippen LogP contribution >= 0.6 is 0 Å². The van der Waals surface area contributed by atoms with E-state index in [1.165, 1.54) is 6.20 Å². The number of hydrogen-bond acceptors (Lipinski definition) is 5. The molecule has 108 valence electrons. The molecule has 0 bridgehead atoms. The number of anilines is 1. The van der Waals surface area contributed by atoms with Gasteiger partial charge in [-0.15, -0.1) is 0 Å². The molecule has 1 fully saturated rings. The zero-order chi connectivity index (χ0) is 14.7. The number of rotatable bonds is 5. The summed E-state index contributed by atoms with van der Waals surface area (Å²) in [5.74, 6) is -1.38. The van der Waals surface area contributed by atoms with E-state index in [0.717, 1.165) is 0 Å². The summed E-state index contributed by atoms with van der Waals surface area (Å²) in [6, 6.07) is 2.99. The number of primary amides is 1. The molecule has 0 aromatic carbocycles. The minimum absolute atomic E-state index is 0.204. The van der Waals surface area contributed by atoms with Gasteiger partial charge in [0.1, 0.15) is 11.7 Å². The van der Waals surface area contributed by atoms with Gasteiger partial charge in [-0.25, -0.2) is 4.98 Å². The van der Waals surface area contributed by atoms with Gasteiger partial charge in [-0.1, -0.05) is 0 Å². The van der Waals surface area contributed by atoms with Crippen LogP contribution in [0.2, 0.25) is 0 Å². The van der Waals surface area contributed by atoms with E-state index in [1.807, 2.05) is 11.8 Å². The summed E-state index contributed by atoms with van der Waals surface area (Å²) in [6.07, 6.45) is 1.39. The number of carbonyl (C=O) groups is 2. The molecule has 1 aliphatic rings. The van der Waals surface area contributed by atoms with E-state index in [9.17, 15) is 14.7 Å². The second-order valence-electron chi connectivity index (χ2n) is 4.60. The number of carboxylic acids is 1. The molecule has 1 aromatic heterocycles. The standard InChI is InChI=1S/C13H17N3O4/c1-2-16(10-7-20-6-9(10)13(18)19)11-4-3-8(5-15-11)12(14)17/h3-5,9-10H,2,6-7H2,1H3,(H2,14,17)(H,18,19). The Labute approximate surface area is 116 Å². The predicted molar refractivity (Wildman–Crippen MR) is 71.5 cm³/mol.